The van der Waals surface area contributed by atoms with E-state index in [1.54, 1.807) is 11.9 Å². The van der Waals surface area contributed by atoms with Crippen molar-refractivity contribution in [3.05, 3.63) is 41.2 Å². The lowest BCUT2D eigenvalue weighted by Gasteiger charge is -2.19. The van der Waals surface area contributed by atoms with Crippen LogP contribution < -0.4 is 9.64 Å². The van der Waals surface area contributed by atoms with Gasteiger partial charge in [-0.2, -0.15) is 13.2 Å². The zero-order valence-corrected chi connectivity index (χ0v) is 17.0. The number of aromatic carboxylic acids is 1. The summed E-state index contributed by atoms with van der Waals surface area (Å²) < 4.78 is 44.2. The van der Waals surface area contributed by atoms with Crippen molar-refractivity contribution in [3.63, 3.8) is 0 Å². The van der Waals surface area contributed by atoms with Gasteiger partial charge in [0.05, 0.1) is 12.2 Å². The molecule has 8 nitrogen and oxygen atoms in total. The molecule has 0 spiro atoms. The Hall–Kier alpha value is -3.37. The molecule has 3 N–H and O–H groups in total. The number of alkyl halides is 3. The molecule has 1 aromatic carbocycles. The van der Waals surface area contributed by atoms with E-state index in [0.717, 1.165) is 6.07 Å². The Labute approximate surface area is 176 Å². The number of carboxylic acids is 1. The number of hydrogen-bond donors (Lipinski definition) is 3. The van der Waals surface area contributed by atoms with E-state index in [1.165, 1.54) is 18.5 Å². The molecule has 1 heterocycles. The van der Waals surface area contributed by atoms with Gasteiger partial charge in [0.15, 0.2) is 0 Å². The Morgan fingerprint density at radius 3 is 2.45 bits per heavy atom. The van der Waals surface area contributed by atoms with Crippen LogP contribution in [0.1, 0.15) is 41.3 Å². The molecular weight excluding hydrogens is 417 g/mol. The van der Waals surface area contributed by atoms with Gasteiger partial charge in [-0.15, -0.1) is 0 Å². The highest BCUT2D eigenvalue weighted by Crippen LogP contribution is 2.35. The van der Waals surface area contributed by atoms with Gasteiger partial charge in [-0.3, -0.25) is 5.41 Å². The second-order valence-electron chi connectivity index (χ2n) is 6.76. The zero-order chi connectivity index (χ0) is 23.2. The van der Waals surface area contributed by atoms with Gasteiger partial charge in [0.1, 0.15) is 17.2 Å². The van der Waals surface area contributed by atoms with E-state index in [0.29, 0.717) is 31.8 Å². The van der Waals surface area contributed by atoms with Crippen LogP contribution in [0, 0.1) is 5.41 Å². The van der Waals surface area contributed by atoms with E-state index in [1.807, 2.05) is 6.92 Å². The minimum atomic E-state index is -4.86. The minimum Gasteiger partial charge on any atom is -0.507 e. The number of phenols is 1. The Bertz CT molecular complexity index is 933. The molecule has 0 aliphatic heterocycles. The number of nitrogens with one attached hydrogen (secondary N) is 1. The molecule has 0 unspecified atom stereocenters. The molecule has 0 aliphatic carbocycles. The van der Waals surface area contributed by atoms with Crippen molar-refractivity contribution in [2.45, 2.75) is 32.4 Å². The molecule has 0 bridgehead atoms. The summed E-state index contributed by atoms with van der Waals surface area (Å²) in [6.45, 7) is 2.50. The summed E-state index contributed by atoms with van der Waals surface area (Å²) in [6.07, 6.45) is -1.08. The third-order valence-corrected chi connectivity index (χ3v) is 4.41. The molecule has 2 rings (SSSR count). The average molecular weight is 440 g/mol. The Kier molecular flexibility index (Phi) is 7.78. The van der Waals surface area contributed by atoms with Crippen molar-refractivity contribution in [2.24, 2.45) is 0 Å². The van der Waals surface area contributed by atoms with Gasteiger partial charge < -0.3 is 19.8 Å². The van der Waals surface area contributed by atoms with Crippen LogP contribution >= 0.6 is 0 Å². The Morgan fingerprint density at radius 2 is 1.90 bits per heavy atom. The fourth-order valence-electron chi connectivity index (χ4n) is 2.81. The first-order chi connectivity index (χ1) is 14.6. The van der Waals surface area contributed by atoms with Crippen molar-refractivity contribution in [1.29, 1.82) is 5.41 Å². The molecule has 2 aromatic rings. The van der Waals surface area contributed by atoms with Crippen LogP contribution in [-0.4, -0.2) is 58.2 Å². The molecule has 0 amide bonds. The van der Waals surface area contributed by atoms with Gasteiger partial charge in [-0.25, -0.2) is 14.8 Å². The lowest BCUT2D eigenvalue weighted by molar-refractivity contribution is -0.0588. The highest BCUT2D eigenvalue weighted by molar-refractivity contribution is 6.04. The molecule has 0 saturated heterocycles. The quantitative estimate of drug-likeness (QED) is 0.381. The monoisotopic (exact) mass is 440 g/mol. The SMILES string of the molecule is CCCc1c(OCCCN(C)c2ncc(C(=O)O)cn2)ccc(C(=N)C(F)(F)F)c1O. The van der Waals surface area contributed by atoms with Crippen molar-refractivity contribution in [1.82, 2.24) is 9.97 Å². The molecule has 0 radical (unpaired) electrons. The first-order valence-electron chi connectivity index (χ1n) is 9.46. The predicted octanol–water partition coefficient (Wildman–Crippen LogP) is 3.67. The maximum absolute atomic E-state index is 12.8. The van der Waals surface area contributed by atoms with Crippen molar-refractivity contribution in [2.75, 3.05) is 25.1 Å². The number of anilines is 1. The number of ether oxygens (including phenoxy) is 1. The Morgan fingerprint density at radius 1 is 1.26 bits per heavy atom. The zero-order valence-electron chi connectivity index (χ0n) is 17.0. The van der Waals surface area contributed by atoms with Gasteiger partial charge in [0, 0.05) is 37.1 Å². The van der Waals surface area contributed by atoms with Gasteiger partial charge in [-0.05, 0) is 25.0 Å². The third kappa shape index (κ3) is 6.06. The Balaban J connectivity index is 2.02. The fourth-order valence-corrected chi connectivity index (χ4v) is 2.81. The highest BCUT2D eigenvalue weighted by atomic mass is 19.4. The molecule has 11 heteroatoms. The standard InChI is InChI=1S/C20H23F3N4O4/c1-3-5-13-15(7-6-14(16(13)28)17(24)20(21,22)23)31-9-4-8-27(2)19-25-10-12(11-26-19)18(29)30/h6-7,10-11,24,28H,3-5,8-9H2,1-2H3,(H,29,30). The molecule has 168 valence electrons. The number of aromatic hydroxyl groups is 1. The van der Waals surface area contributed by atoms with Gasteiger partial charge in [-0.1, -0.05) is 13.3 Å². The van der Waals surface area contributed by atoms with Crippen LogP contribution in [0.25, 0.3) is 0 Å². The van der Waals surface area contributed by atoms with E-state index in [9.17, 15) is 23.1 Å². The van der Waals surface area contributed by atoms with Gasteiger partial charge in [0.25, 0.3) is 0 Å². The molecule has 0 aliphatic rings. The number of hydrogen-bond acceptors (Lipinski definition) is 7. The third-order valence-electron chi connectivity index (χ3n) is 4.41. The number of carbonyl (C=O) groups is 1. The summed E-state index contributed by atoms with van der Waals surface area (Å²) in [5.41, 5.74) is -1.98. The van der Waals surface area contributed by atoms with E-state index in [-0.39, 0.29) is 23.5 Å². The number of aromatic nitrogens is 2. The van der Waals surface area contributed by atoms with Crippen LogP contribution in [0.4, 0.5) is 19.1 Å². The van der Waals surface area contributed by atoms with Crippen LogP contribution in [0.3, 0.4) is 0 Å². The molecular formula is C20H23F3N4O4. The summed E-state index contributed by atoms with van der Waals surface area (Å²) >= 11 is 0. The smallest absolute Gasteiger partial charge is 0.433 e. The van der Waals surface area contributed by atoms with E-state index in [2.05, 4.69) is 9.97 Å². The summed E-state index contributed by atoms with van der Waals surface area (Å²) in [7, 11) is 1.72. The predicted molar refractivity (Wildman–Crippen MR) is 107 cm³/mol. The molecule has 0 saturated carbocycles. The van der Waals surface area contributed by atoms with Crippen LogP contribution in [0.2, 0.25) is 0 Å². The second-order valence-corrected chi connectivity index (χ2v) is 6.76. The molecule has 1 aromatic heterocycles. The highest BCUT2D eigenvalue weighted by Gasteiger charge is 2.37. The van der Waals surface area contributed by atoms with Crippen molar-refractivity contribution >= 4 is 17.6 Å². The first kappa shape index (κ1) is 23.9. The number of halogens is 3. The number of carboxylic acid groups (broad SMARTS) is 1. The van der Waals surface area contributed by atoms with E-state index >= 15 is 0 Å². The lowest BCUT2D eigenvalue weighted by atomic mass is 10.00. The maximum atomic E-state index is 12.8. The number of benzene rings is 1. The minimum absolute atomic E-state index is 0.0224. The van der Waals surface area contributed by atoms with E-state index < -0.39 is 29.2 Å². The topological polar surface area (TPSA) is 120 Å². The van der Waals surface area contributed by atoms with Gasteiger partial charge >= 0.3 is 12.1 Å². The summed E-state index contributed by atoms with van der Waals surface area (Å²) in [5.74, 6) is -1.11. The fraction of sp³-hybridized carbons (Fsp3) is 0.400. The summed E-state index contributed by atoms with van der Waals surface area (Å²) in [4.78, 5) is 20.5. The molecule has 0 fully saturated rings. The largest absolute Gasteiger partial charge is 0.507 e. The number of phenolic OH excluding ortho intramolecular Hbond substituents is 1. The number of rotatable bonds is 10. The van der Waals surface area contributed by atoms with E-state index in [4.69, 9.17) is 15.3 Å². The van der Waals surface area contributed by atoms with Crippen molar-refractivity contribution in [3.8, 4) is 11.5 Å². The average Bonchev–Trinajstić information content (AvgIpc) is 2.72. The second kappa shape index (κ2) is 10.1. The van der Waals surface area contributed by atoms with Crippen LogP contribution in [-0.2, 0) is 6.42 Å². The van der Waals surface area contributed by atoms with Crippen molar-refractivity contribution < 1.29 is 32.9 Å². The van der Waals surface area contributed by atoms with Gasteiger partial charge in [0.2, 0.25) is 5.95 Å². The maximum Gasteiger partial charge on any atom is 0.433 e. The van der Waals surface area contributed by atoms with Crippen LogP contribution in [0.15, 0.2) is 24.5 Å². The normalized spacial score (nSPS) is 11.3. The van der Waals surface area contributed by atoms with Crippen LogP contribution in [0.5, 0.6) is 11.5 Å². The summed E-state index contributed by atoms with van der Waals surface area (Å²) in [6, 6.07) is 2.36. The number of nitrogens with zero attached hydrogens (tertiary/aromatic N) is 3. The summed E-state index contributed by atoms with van der Waals surface area (Å²) in [5, 5.41) is 26.4. The first-order valence-corrected chi connectivity index (χ1v) is 9.46. The molecule has 31 heavy (non-hydrogen) atoms. The lowest BCUT2D eigenvalue weighted by Crippen LogP contribution is -2.23. The molecule has 0 atom stereocenters.